The van der Waals surface area contributed by atoms with Gasteiger partial charge in [0.25, 0.3) is 11.8 Å². The molecule has 132 valence electrons. The van der Waals surface area contributed by atoms with E-state index in [2.05, 4.69) is 4.37 Å². The van der Waals surface area contributed by atoms with Crippen LogP contribution in [0.15, 0.2) is 18.2 Å². The first-order valence-corrected chi connectivity index (χ1v) is 8.65. The molecule has 0 atom stereocenters. The maximum Gasteiger partial charge on any atom is 0.274 e. The van der Waals surface area contributed by atoms with E-state index in [1.807, 2.05) is 0 Å². The molecule has 1 aliphatic rings. The third-order valence-electron chi connectivity index (χ3n) is 3.76. The molecule has 0 radical (unpaired) electrons. The summed E-state index contributed by atoms with van der Waals surface area (Å²) in [5, 5.41) is -0.0770. The van der Waals surface area contributed by atoms with Crippen LogP contribution in [-0.2, 0) is 11.3 Å². The van der Waals surface area contributed by atoms with Gasteiger partial charge >= 0.3 is 0 Å². The van der Waals surface area contributed by atoms with Gasteiger partial charge in [0.05, 0.1) is 6.54 Å². The van der Waals surface area contributed by atoms with Crippen molar-refractivity contribution in [2.45, 2.75) is 24.3 Å². The third-order valence-corrected chi connectivity index (χ3v) is 5.64. The first-order valence-electron chi connectivity index (χ1n) is 7.13. The Morgan fingerprint density at radius 3 is 2.56 bits per heavy atom. The standard InChI is InChI=1S/C15H11Cl2F2N3O2S/c16-10-11(25-21-12(10)20)13(23)22(14(24)15(17)3-4-15)6-7-1-2-8(18)5-9(7)19/h1-2,5H,3-4,6H2,(H2,20,21). The van der Waals surface area contributed by atoms with Gasteiger partial charge in [-0.05, 0) is 30.4 Å². The molecule has 2 amide bonds. The number of rotatable bonds is 4. The van der Waals surface area contributed by atoms with Gasteiger partial charge in [0.2, 0.25) is 0 Å². The molecule has 0 spiro atoms. The number of imide groups is 1. The molecule has 3 rings (SSSR count). The molecule has 5 nitrogen and oxygen atoms in total. The normalized spacial score (nSPS) is 15.0. The highest BCUT2D eigenvalue weighted by molar-refractivity contribution is 7.09. The van der Waals surface area contributed by atoms with Gasteiger partial charge in [0.1, 0.15) is 26.4 Å². The van der Waals surface area contributed by atoms with E-state index in [1.165, 1.54) is 0 Å². The van der Waals surface area contributed by atoms with E-state index in [-0.39, 0.29) is 21.3 Å². The fourth-order valence-electron chi connectivity index (χ4n) is 2.17. The molecule has 1 heterocycles. The van der Waals surface area contributed by atoms with Crippen molar-refractivity contribution in [2.24, 2.45) is 0 Å². The number of nitrogens with zero attached hydrogens (tertiary/aromatic N) is 2. The van der Waals surface area contributed by atoms with Gasteiger partial charge < -0.3 is 5.73 Å². The number of aromatic nitrogens is 1. The van der Waals surface area contributed by atoms with Crippen molar-refractivity contribution in [3.8, 4) is 0 Å². The Bertz CT molecular complexity index is 870. The van der Waals surface area contributed by atoms with Crippen LogP contribution in [0.1, 0.15) is 28.1 Å². The number of anilines is 1. The van der Waals surface area contributed by atoms with Crippen molar-refractivity contribution in [1.29, 1.82) is 0 Å². The number of hydrogen-bond acceptors (Lipinski definition) is 5. The summed E-state index contributed by atoms with van der Waals surface area (Å²) < 4.78 is 30.8. The summed E-state index contributed by atoms with van der Waals surface area (Å²) in [4.78, 5) is 25.0. The van der Waals surface area contributed by atoms with E-state index in [4.69, 9.17) is 28.9 Å². The minimum atomic E-state index is -1.19. The van der Waals surface area contributed by atoms with Crippen LogP contribution in [-0.4, -0.2) is 26.0 Å². The van der Waals surface area contributed by atoms with Crippen molar-refractivity contribution < 1.29 is 18.4 Å². The molecule has 2 N–H and O–H groups in total. The summed E-state index contributed by atoms with van der Waals surface area (Å²) in [6.07, 6.45) is 0.809. The summed E-state index contributed by atoms with van der Waals surface area (Å²) in [5.41, 5.74) is 5.50. The van der Waals surface area contributed by atoms with E-state index in [0.29, 0.717) is 18.9 Å². The molecular weight excluding hydrogens is 395 g/mol. The Morgan fingerprint density at radius 2 is 2.04 bits per heavy atom. The van der Waals surface area contributed by atoms with Crippen LogP contribution in [0, 0.1) is 11.6 Å². The number of carbonyl (C=O) groups is 2. The van der Waals surface area contributed by atoms with Crippen LogP contribution in [0.25, 0.3) is 0 Å². The van der Waals surface area contributed by atoms with Crippen LogP contribution in [0.5, 0.6) is 0 Å². The predicted molar refractivity (Wildman–Crippen MR) is 90.6 cm³/mol. The summed E-state index contributed by atoms with van der Waals surface area (Å²) in [6.45, 7) is -0.410. The lowest BCUT2D eigenvalue weighted by Gasteiger charge is -2.23. The van der Waals surface area contributed by atoms with E-state index in [1.54, 1.807) is 0 Å². The second-order valence-corrected chi connectivity index (χ2v) is 7.48. The molecule has 0 unspecified atom stereocenters. The molecule has 1 fully saturated rings. The number of alkyl halides is 1. The lowest BCUT2D eigenvalue weighted by atomic mass is 10.1. The number of nitrogens with two attached hydrogens (primary N) is 1. The second kappa shape index (κ2) is 6.51. The zero-order valence-electron chi connectivity index (χ0n) is 12.6. The topological polar surface area (TPSA) is 76.3 Å². The minimum Gasteiger partial charge on any atom is -0.382 e. The Labute approximate surface area is 155 Å². The van der Waals surface area contributed by atoms with Crippen LogP contribution >= 0.6 is 34.7 Å². The quantitative estimate of drug-likeness (QED) is 0.622. The number of halogens is 4. The summed E-state index contributed by atoms with van der Waals surface area (Å²) in [7, 11) is 0. The number of benzene rings is 1. The van der Waals surface area contributed by atoms with Crippen LogP contribution in [0.4, 0.5) is 14.6 Å². The van der Waals surface area contributed by atoms with Crippen molar-refractivity contribution in [2.75, 3.05) is 5.73 Å². The highest BCUT2D eigenvalue weighted by atomic mass is 35.5. The molecule has 1 aromatic carbocycles. The molecule has 2 aromatic rings. The molecule has 1 aliphatic carbocycles. The smallest absolute Gasteiger partial charge is 0.274 e. The fraction of sp³-hybridized carbons (Fsp3) is 0.267. The zero-order chi connectivity index (χ0) is 18.4. The molecule has 0 aliphatic heterocycles. The van der Waals surface area contributed by atoms with Gasteiger partial charge in [-0.15, -0.1) is 11.6 Å². The minimum absolute atomic E-state index is 0.0300. The van der Waals surface area contributed by atoms with Gasteiger partial charge in [-0.1, -0.05) is 17.7 Å². The Balaban J connectivity index is 1.96. The van der Waals surface area contributed by atoms with Gasteiger partial charge in [-0.25, -0.2) is 8.78 Å². The Hall–Kier alpha value is -1.77. The molecule has 0 bridgehead atoms. The Kier molecular flexibility index (Phi) is 4.70. The molecule has 1 saturated carbocycles. The van der Waals surface area contributed by atoms with Crippen molar-refractivity contribution in [3.63, 3.8) is 0 Å². The summed E-state index contributed by atoms with van der Waals surface area (Å²) >= 11 is 12.8. The molecule has 1 aromatic heterocycles. The molecule has 0 saturated heterocycles. The van der Waals surface area contributed by atoms with Gasteiger partial charge in [-0.3, -0.25) is 14.5 Å². The van der Waals surface area contributed by atoms with E-state index < -0.39 is 34.9 Å². The average molecular weight is 406 g/mol. The average Bonchev–Trinajstić information content (AvgIpc) is 3.23. The first-order chi connectivity index (χ1) is 11.7. The van der Waals surface area contributed by atoms with Crippen molar-refractivity contribution in [1.82, 2.24) is 9.27 Å². The molecule has 10 heteroatoms. The van der Waals surface area contributed by atoms with Gasteiger partial charge in [0, 0.05) is 11.6 Å². The van der Waals surface area contributed by atoms with Crippen LogP contribution in [0.2, 0.25) is 5.02 Å². The van der Waals surface area contributed by atoms with E-state index >= 15 is 0 Å². The fourth-order valence-corrected chi connectivity index (χ4v) is 3.30. The maximum absolute atomic E-state index is 14.0. The van der Waals surface area contributed by atoms with E-state index in [0.717, 1.165) is 28.6 Å². The number of amides is 2. The number of nitrogen functional groups attached to an aromatic ring is 1. The first kappa shape index (κ1) is 18.0. The van der Waals surface area contributed by atoms with Gasteiger partial charge in [0.15, 0.2) is 5.82 Å². The maximum atomic E-state index is 14.0. The monoisotopic (exact) mass is 405 g/mol. The largest absolute Gasteiger partial charge is 0.382 e. The summed E-state index contributed by atoms with van der Waals surface area (Å²) in [6, 6.07) is 2.87. The van der Waals surface area contributed by atoms with Gasteiger partial charge in [-0.2, -0.15) is 4.37 Å². The predicted octanol–water partition coefficient (Wildman–Crippen LogP) is 3.60. The SMILES string of the molecule is Nc1nsc(C(=O)N(Cc2ccc(F)cc2F)C(=O)C2(Cl)CC2)c1Cl. The summed E-state index contributed by atoms with van der Waals surface area (Å²) in [5.74, 6) is -3.12. The second-order valence-electron chi connectivity index (χ2n) is 5.61. The van der Waals surface area contributed by atoms with Crippen molar-refractivity contribution >= 4 is 52.4 Å². The number of carbonyl (C=O) groups excluding carboxylic acids is 2. The molecule has 25 heavy (non-hydrogen) atoms. The van der Waals surface area contributed by atoms with Crippen LogP contribution < -0.4 is 5.73 Å². The highest BCUT2D eigenvalue weighted by Gasteiger charge is 2.52. The highest BCUT2D eigenvalue weighted by Crippen LogP contribution is 2.45. The lowest BCUT2D eigenvalue weighted by molar-refractivity contribution is -0.129. The third kappa shape index (κ3) is 3.47. The van der Waals surface area contributed by atoms with E-state index in [9.17, 15) is 18.4 Å². The Morgan fingerprint density at radius 1 is 1.36 bits per heavy atom. The number of hydrogen-bond donors (Lipinski definition) is 1. The zero-order valence-corrected chi connectivity index (χ0v) is 14.9. The van der Waals surface area contributed by atoms with Crippen molar-refractivity contribution in [3.05, 3.63) is 45.3 Å². The van der Waals surface area contributed by atoms with Crippen LogP contribution in [0.3, 0.4) is 0 Å². The molecular formula is C15H11Cl2F2N3O2S. The lowest BCUT2D eigenvalue weighted by Crippen LogP contribution is -2.42.